The first kappa shape index (κ1) is 19.8. The molecular formula is C34H28. The summed E-state index contributed by atoms with van der Waals surface area (Å²) >= 11 is 0. The fourth-order valence-electron chi connectivity index (χ4n) is 6.34. The molecule has 7 rings (SSSR count). The summed E-state index contributed by atoms with van der Waals surface area (Å²) in [7, 11) is 0. The summed E-state index contributed by atoms with van der Waals surface area (Å²) in [5.74, 6) is 1.16. The van der Waals surface area contributed by atoms with Crippen molar-refractivity contribution in [3.63, 3.8) is 0 Å². The number of hydrogen-bond acceptors (Lipinski definition) is 0. The fraction of sp³-hybridized carbons (Fsp3) is 0.176. The molecule has 0 saturated heterocycles. The summed E-state index contributed by atoms with van der Waals surface area (Å²) in [6, 6.07) is 18.1. The van der Waals surface area contributed by atoms with E-state index in [4.69, 9.17) is 0 Å². The van der Waals surface area contributed by atoms with Crippen LogP contribution in [0, 0.1) is 11.8 Å². The van der Waals surface area contributed by atoms with Crippen molar-refractivity contribution in [1.29, 1.82) is 0 Å². The van der Waals surface area contributed by atoms with Crippen LogP contribution in [0.2, 0.25) is 0 Å². The SMILES string of the molecule is C1=CCC2C=CC(c3c4ccccc4c(C4=CC=C5C=CCCC5C4)c4ccccc34)=CC2=C1. The number of allylic oxidation sites excluding steroid dienone is 14. The standard InChI is InChI=1S/C34H28/c1-3-11-25-21-27(19-17-23(25)9-1)33-29-13-5-7-15-31(29)34(32-16-8-6-14-30(32)33)28-20-18-24-10-2-4-12-26(24)22-28/h1-3,5-8,10-11,13-21,23,26H,4,9,12,22H2. The molecule has 0 saturated carbocycles. The molecule has 0 amide bonds. The van der Waals surface area contributed by atoms with E-state index in [1.54, 1.807) is 0 Å². The third-order valence-corrected chi connectivity index (χ3v) is 8.02. The first-order chi connectivity index (χ1) is 16.9. The summed E-state index contributed by atoms with van der Waals surface area (Å²) in [5, 5.41) is 5.47. The van der Waals surface area contributed by atoms with Gasteiger partial charge in [-0.25, -0.2) is 0 Å². The molecule has 4 aliphatic carbocycles. The minimum absolute atomic E-state index is 0.517. The number of hydrogen-bond donors (Lipinski definition) is 0. The topological polar surface area (TPSA) is 0 Å². The van der Waals surface area contributed by atoms with Gasteiger partial charge < -0.3 is 0 Å². The minimum atomic E-state index is 0.517. The van der Waals surface area contributed by atoms with Crippen molar-refractivity contribution >= 4 is 32.7 Å². The van der Waals surface area contributed by atoms with E-state index in [2.05, 4.69) is 109 Å². The minimum Gasteiger partial charge on any atom is -0.0842 e. The van der Waals surface area contributed by atoms with E-state index in [-0.39, 0.29) is 0 Å². The van der Waals surface area contributed by atoms with Crippen molar-refractivity contribution in [3.8, 4) is 0 Å². The van der Waals surface area contributed by atoms with Crippen molar-refractivity contribution < 1.29 is 0 Å². The van der Waals surface area contributed by atoms with Gasteiger partial charge in [-0.05, 0) is 86.6 Å². The van der Waals surface area contributed by atoms with E-state index in [0.29, 0.717) is 11.8 Å². The van der Waals surface area contributed by atoms with Crippen LogP contribution in [0.1, 0.15) is 36.8 Å². The Hall–Kier alpha value is -3.64. The van der Waals surface area contributed by atoms with Crippen LogP contribution in [0.25, 0.3) is 32.7 Å². The van der Waals surface area contributed by atoms with Crippen molar-refractivity contribution in [2.45, 2.75) is 25.7 Å². The highest BCUT2D eigenvalue weighted by Gasteiger charge is 2.25. The van der Waals surface area contributed by atoms with E-state index in [0.717, 1.165) is 12.8 Å². The molecule has 0 heteroatoms. The average molecular weight is 437 g/mol. The summed E-state index contributed by atoms with van der Waals surface area (Å²) in [6.07, 6.45) is 28.1. The third kappa shape index (κ3) is 3.13. The van der Waals surface area contributed by atoms with Gasteiger partial charge in [-0.1, -0.05) is 109 Å². The molecule has 0 N–H and O–H groups in total. The van der Waals surface area contributed by atoms with E-state index in [1.165, 1.54) is 67.8 Å². The molecule has 0 radical (unpaired) electrons. The quantitative estimate of drug-likeness (QED) is 0.351. The molecule has 4 aliphatic rings. The van der Waals surface area contributed by atoms with Crippen molar-refractivity contribution in [3.05, 3.63) is 132 Å². The maximum Gasteiger partial charge on any atom is 0.00561 e. The second kappa shape index (κ2) is 7.99. The Bertz CT molecular complexity index is 1490. The molecule has 164 valence electrons. The molecular weight excluding hydrogens is 408 g/mol. The van der Waals surface area contributed by atoms with Gasteiger partial charge in [-0.2, -0.15) is 0 Å². The van der Waals surface area contributed by atoms with Gasteiger partial charge in [0.05, 0.1) is 0 Å². The number of benzene rings is 3. The molecule has 3 aromatic carbocycles. The summed E-state index contributed by atoms with van der Waals surface area (Å²) in [5.41, 5.74) is 8.54. The molecule has 0 aromatic heterocycles. The molecule has 0 bridgehead atoms. The van der Waals surface area contributed by atoms with E-state index < -0.39 is 0 Å². The van der Waals surface area contributed by atoms with Gasteiger partial charge in [0.15, 0.2) is 0 Å². The third-order valence-electron chi connectivity index (χ3n) is 8.02. The molecule has 2 unspecified atom stereocenters. The lowest BCUT2D eigenvalue weighted by Gasteiger charge is -2.28. The van der Waals surface area contributed by atoms with Gasteiger partial charge in [-0.15, -0.1) is 0 Å². The lowest BCUT2D eigenvalue weighted by atomic mass is 9.76. The van der Waals surface area contributed by atoms with Crippen LogP contribution in [-0.2, 0) is 0 Å². The monoisotopic (exact) mass is 436 g/mol. The molecule has 0 heterocycles. The zero-order valence-corrected chi connectivity index (χ0v) is 19.4. The predicted molar refractivity (Wildman–Crippen MR) is 146 cm³/mol. The Morgan fingerprint density at radius 3 is 2.18 bits per heavy atom. The van der Waals surface area contributed by atoms with Gasteiger partial charge in [0.1, 0.15) is 0 Å². The Morgan fingerprint density at radius 2 is 1.41 bits per heavy atom. The van der Waals surface area contributed by atoms with Crippen LogP contribution < -0.4 is 0 Å². The smallest absolute Gasteiger partial charge is 0.00561 e. The second-order valence-electron chi connectivity index (χ2n) is 9.98. The Labute approximate surface area is 201 Å². The summed E-state index contributed by atoms with van der Waals surface area (Å²) < 4.78 is 0. The van der Waals surface area contributed by atoms with Crippen molar-refractivity contribution in [2.75, 3.05) is 0 Å². The molecule has 0 nitrogen and oxygen atoms in total. The molecule has 0 fully saturated rings. The maximum atomic E-state index is 2.42. The van der Waals surface area contributed by atoms with Crippen LogP contribution >= 0.6 is 0 Å². The normalized spacial score (nSPS) is 23.2. The highest BCUT2D eigenvalue weighted by molar-refractivity contribution is 6.17. The van der Waals surface area contributed by atoms with Crippen LogP contribution in [-0.4, -0.2) is 0 Å². The molecule has 34 heavy (non-hydrogen) atoms. The van der Waals surface area contributed by atoms with Crippen LogP contribution in [0.5, 0.6) is 0 Å². The Kier molecular flexibility index (Phi) is 4.65. The van der Waals surface area contributed by atoms with E-state index >= 15 is 0 Å². The lowest BCUT2D eigenvalue weighted by molar-refractivity contribution is 0.573. The highest BCUT2D eigenvalue weighted by atomic mass is 14.3. The summed E-state index contributed by atoms with van der Waals surface area (Å²) in [4.78, 5) is 0. The second-order valence-corrected chi connectivity index (χ2v) is 9.98. The maximum absolute atomic E-state index is 2.42. The van der Waals surface area contributed by atoms with E-state index in [9.17, 15) is 0 Å². The Balaban J connectivity index is 1.50. The largest absolute Gasteiger partial charge is 0.0842 e. The molecule has 2 atom stereocenters. The summed E-state index contributed by atoms with van der Waals surface area (Å²) in [6.45, 7) is 0. The fourth-order valence-corrected chi connectivity index (χ4v) is 6.34. The lowest BCUT2D eigenvalue weighted by Crippen LogP contribution is -2.11. The zero-order chi connectivity index (χ0) is 22.5. The van der Waals surface area contributed by atoms with Gasteiger partial charge in [0.25, 0.3) is 0 Å². The zero-order valence-electron chi connectivity index (χ0n) is 19.4. The first-order valence-electron chi connectivity index (χ1n) is 12.6. The molecule has 0 aliphatic heterocycles. The average Bonchev–Trinajstić information content (AvgIpc) is 2.91. The van der Waals surface area contributed by atoms with Crippen molar-refractivity contribution in [2.24, 2.45) is 11.8 Å². The van der Waals surface area contributed by atoms with Crippen molar-refractivity contribution in [1.82, 2.24) is 0 Å². The first-order valence-corrected chi connectivity index (χ1v) is 12.6. The van der Waals surface area contributed by atoms with E-state index in [1.807, 2.05) is 0 Å². The van der Waals surface area contributed by atoms with Gasteiger partial charge in [0, 0.05) is 5.92 Å². The van der Waals surface area contributed by atoms with Crippen LogP contribution in [0.15, 0.2) is 120 Å². The predicted octanol–water partition coefficient (Wildman–Crippen LogP) is 9.13. The highest BCUT2D eigenvalue weighted by Crippen LogP contribution is 2.45. The van der Waals surface area contributed by atoms with Crippen LogP contribution in [0.4, 0.5) is 0 Å². The Morgan fingerprint density at radius 1 is 0.676 bits per heavy atom. The van der Waals surface area contributed by atoms with Crippen LogP contribution in [0.3, 0.4) is 0 Å². The molecule has 0 spiro atoms. The van der Waals surface area contributed by atoms with Gasteiger partial charge >= 0.3 is 0 Å². The van der Waals surface area contributed by atoms with Gasteiger partial charge in [-0.3, -0.25) is 0 Å². The number of fused-ring (bicyclic) bond motifs is 4. The number of rotatable bonds is 2. The van der Waals surface area contributed by atoms with Gasteiger partial charge in [0.2, 0.25) is 0 Å². The molecule has 3 aromatic rings.